The molecule has 0 aromatic carbocycles. The van der Waals surface area contributed by atoms with Gasteiger partial charge < -0.3 is 15.0 Å². The lowest BCUT2D eigenvalue weighted by molar-refractivity contribution is -0.140. The van der Waals surface area contributed by atoms with Crippen molar-refractivity contribution in [3.63, 3.8) is 0 Å². The molecule has 0 aromatic heterocycles. The van der Waals surface area contributed by atoms with Crippen LogP contribution < -0.4 is 5.32 Å². The van der Waals surface area contributed by atoms with Crippen molar-refractivity contribution in [1.82, 2.24) is 10.2 Å². The van der Waals surface area contributed by atoms with Crippen LogP contribution in [0.2, 0.25) is 0 Å². The summed E-state index contributed by atoms with van der Waals surface area (Å²) in [7, 11) is 0. The van der Waals surface area contributed by atoms with Crippen molar-refractivity contribution in [3.05, 3.63) is 0 Å². The standard InChI is InChI=1S/C13H24N2O2/c1-8-7-14-5-6-15(8)13(16)12-9(2)10(3)17-11(12)4/h8-12,14H,5-7H2,1-4H3. The van der Waals surface area contributed by atoms with Gasteiger partial charge in [0.2, 0.25) is 5.91 Å². The highest BCUT2D eigenvalue weighted by atomic mass is 16.5. The molecule has 5 atom stereocenters. The number of carbonyl (C=O) groups is 1. The van der Waals surface area contributed by atoms with Crippen molar-refractivity contribution < 1.29 is 9.53 Å². The first-order valence-electron chi connectivity index (χ1n) is 6.69. The third-order valence-electron chi connectivity index (χ3n) is 4.31. The number of nitrogens with one attached hydrogen (secondary N) is 1. The molecule has 1 amide bonds. The van der Waals surface area contributed by atoms with Gasteiger partial charge in [-0.1, -0.05) is 6.92 Å². The maximum absolute atomic E-state index is 12.6. The molecule has 5 unspecified atom stereocenters. The SMILES string of the molecule is CC1OC(C)C(C(=O)N2CCNCC2C)C1C. The molecular weight excluding hydrogens is 216 g/mol. The number of hydrogen-bond donors (Lipinski definition) is 1. The lowest BCUT2D eigenvalue weighted by Gasteiger charge is -2.37. The second-order valence-corrected chi connectivity index (χ2v) is 5.52. The predicted molar refractivity (Wildman–Crippen MR) is 66.7 cm³/mol. The summed E-state index contributed by atoms with van der Waals surface area (Å²) in [4.78, 5) is 14.6. The summed E-state index contributed by atoms with van der Waals surface area (Å²) < 4.78 is 5.77. The average Bonchev–Trinajstić information content (AvgIpc) is 2.53. The lowest BCUT2D eigenvalue weighted by Crippen LogP contribution is -2.55. The number of rotatable bonds is 1. The van der Waals surface area contributed by atoms with Crippen LogP contribution in [0.4, 0.5) is 0 Å². The second-order valence-electron chi connectivity index (χ2n) is 5.52. The summed E-state index contributed by atoms with van der Waals surface area (Å²) in [6.45, 7) is 11.0. The Balaban J connectivity index is 2.08. The summed E-state index contributed by atoms with van der Waals surface area (Å²) >= 11 is 0. The Morgan fingerprint density at radius 2 is 1.94 bits per heavy atom. The minimum Gasteiger partial charge on any atom is -0.374 e. The van der Waals surface area contributed by atoms with Gasteiger partial charge in [0.1, 0.15) is 0 Å². The first-order valence-corrected chi connectivity index (χ1v) is 6.69. The van der Waals surface area contributed by atoms with Crippen molar-refractivity contribution >= 4 is 5.91 Å². The maximum Gasteiger partial charge on any atom is 0.228 e. The van der Waals surface area contributed by atoms with Crippen LogP contribution in [0.3, 0.4) is 0 Å². The number of piperazine rings is 1. The van der Waals surface area contributed by atoms with E-state index in [4.69, 9.17) is 4.74 Å². The fraction of sp³-hybridized carbons (Fsp3) is 0.923. The molecule has 4 heteroatoms. The number of amides is 1. The van der Waals surface area contributed by atoms with Crippen LogP contribution >= 0.6 is 0 Å². The molecule has 0 radical (unpaired) electrons. The Bertz CT molecular complexity index is 295. The van der Waals surface area contributed by atoms with Crippen LogP contribution in [-0.2, 0) is 9.53 Å². The minimum absolute atomic E-state index is 0.0329. The first-order chi connectivity index (χ1) is 8.02. The van der Waals surface area contributed by atoms with Gasteiger partial charge in [-0.05, 0) is 26.7 Å². The Morgan fingerprint density at radius 1 is 1.24 bits per heavy atom. The quantitative estimate of drug-likeness (QED) is 0.739. The molecule has 2 fully saturated rings. The average molecular weight is 240 g/mol. The summed E-state index contributed by atoms with van der Waals surface area (Å²) in [5.41, 5.74) is 0. The van der Waals surface area contributed by atoms with E-state index in [1.165, 1.54) is 0 Å². The van der Waals surface area contributed by atoms with Gasteiger partial charge in [-0.3, -0.25) is 4.79 Å². The number of hydrogen-bond acceptors (Lipinski definition) is 3. The fourth-order valence-electron chi connectivity index (χ4n) is 3.05. The number of carbonyl (C=O) groups excluding carboxylic acids is 1. The monoisotopic (exact) mass is 240 g/mol. The molecule has 1 N–H and O–H groups in total. The van der Waals surface area contributed by atoms with E-state index in [0.29, 0.717) is 12.0 Å². The van der Waals surface area contributed by atoms with Gasteiger partial charge in [0.05, 0.1) is 18.1 Å². The smallest absolute Gasteiger partial charge is 0.228 e. The molecule has 0 spiro atoms. The molecule has 0 aliphatic carbocycles. The summed E-state index contributed by atoms with van der Waals surface area (Å²) in [6, 6.07) is 0.298. The lowest BCUT2D eigenvalue weighted by atomic mass is 9.88. The zero-order chi connectivity index (χ0) is 12.6. The molecule has 2 rings (SSSR count). The van der Waals surface area contributed by atoms with E-state index in [9.17, 15) is 4.79 Å². The Kier molecular flexibility index (Phi) is 3.73. The van der Waals surface area contributed by atoms with Gasteiger partial charge in [0, 0.05) is 25.7 Å². The van der Waals surface area contributed by atoms with E-state index >= 15 is 0 Å². The van der Waals surface area contributed by atoms with Crippen molar-refractivity contribution in [2.45, 2.75) is 45.9 Å². The molecule has 2 saturated heterocycles. The van der Waals surface area contributed by atoms with Crippen molar-refractivity contribution in [2.75, 3.05) is 19.6 Å². The maximum atomic E-state index is 12.6. The summed E-state index contributed by atoms with van der Waals surface area (Å²) in [5, 5.41) is 3.32. The molecule has 98 valence electrons. The highest BCUT2D eigenvalue weighted by Gasteiger charge is 2.44. The highest BCUT2D eigenvalue weighted by Crippen LogP contribution is 2.33. The Labute approximate surface area is 104 Å². The number of nitrogens with zero attached hydrogens (tertiary/aromatic N) is 1. The van der Waals surface area contributed by atoms with Gasteiger partial charge in [0.25, 0.3) is 0 Å². The molecule has 17 heavy (non-hydrogen) atoms. The highest BCUT2D eigenvalue weighted by molar-refractivity contribution is 5.80. The molecule has 0 bridgehead atoms. The van der Waals surface area contributed by atoms with E-state index in [2.05, 4.69) is 26.1 Å². The summed E-state index contributed by atoms with van der Waals surface area (Å²) in [6.07, 6.45) is 0.242. The molecule has 2 aliphatic rings. The van der Waals surface area contributed by atoms with Crippen LogP contribution in [0.1, 0.15) is 27.7 Å². The Hall–Kier alpha value is -0.610. The Morgan fingerprint density at radius 3 is 2.47 bits per heavy atom. The van der Waals surface area contributed by atoms with E-state index in [1.54, 1.807) is 0 Å². The van der Waals surface area contributed by atoms with Gasteiger partial charge in [-0.15, -0.1) is 0 Å². The zero-order valence-corrected chi connectivity index (χ0v) is 11.3. The normalized spacial score (nSPS) is 42.8. The van der Waals surface area contributed by atoms with Crippen LogP contribution in [0.15, 0.2) is 0 Å². The molecule has 4 nitrogen and oxygen atoms in total. The largest absolute Gasteiger partial charge is 0.374 e. The van der Waals surface area contributed by atoms with E-state index in [1.807, 2.05) is 11.8 Å². The van der Waals surface area contributed by atoms with Gasteiger partial charge in [-0.25, -0.2) is 0 Å². The van der Waals surface area contributed by atoms with Gasteiger partial charge in [0.15, 0.2) is 0 Å². The van der Waals surface area contributed by atoms with E-state index in [-0.39, 0.29) is 24.0 Å². The molecule has 2 heterocycles. The molecule has 2 aliphatic heterocycles. The van der Waals surface area contributed by atoms with Crippen molar-refractivity contribution in [1.29, 1.82) is 0 Å². The molecular formula is C13H24N2O2. The van der Waals surface area contributed by atoms with Crippen molar-refractivity contribution in [2.24, 2.45) is 11.8 Å². The van der Waals surface area contributed by atoms with Crippen LogP contribution in [0.25, 0.3) is 0 Å². The second kappa shape index (κ2) is 4.94. The van der Waals surface area contributed by atoms with Crippen LogP contribution in [-0.4, -0.2) is 48.7 Å². The van der Waals surface area contributed by atoms with E-state index < -0.39 is 0 Å². The first kappa shape index (κ1) is 12.8. The van der Waals surface area contributed by atoms with E-state index in [0.717, 1.165) is 19.6 Å². The van der Waals surface area contributed by atoms with Crippen LogP contribution in [0.5, 0.6) is 0 Å². The predicted octanol–water partition coefficient (Wildman–Crippen LogP) is 0.866. The van der Waals surface area contributed by atoms with Gasteiger partial charge >= 0.3 is 0 Å². The third kappa shape index (κ3) is 2.33. The fourth-order valence-corrected chi connectivity index (χ4v) is 3.05. The van der Waals surface area contributed by atoms with Gasteiger partial charge in [-0.2, -0.15) is 0 Å². The minimum atomic E-state index is 0.0329. The third-order valence-corrected chi connectivity index (χ3v) is 4.31. The molecule has 0 aromatic rings. The zero-order valence-electron chi connectivity index (χ0n) is 11.3. The molecule has 0 saturated carbocycles. The summed E-state index contributed by atoms with van der Waals surface area (Å²) in [5.74, 6) is 0.633. The topological polar surface area (TPSA) is 41.6 Å². The number of ether oxygens (including phenoxy) is 1. The van der Waals surface area contributed by atoms with Crippen LogP contribution in [0, 0.1) is 11.8 Å². The van der Waals surface area contributed by atoms with Crippen molar-refractivity contribution in [3.8, 4) is 0 Å².